The maximum absolute atomic E-state index is 13.6. The van der Waals surface area contributed by atoms with Gasteiger partial charge in [-0.2, -0.15) is 0 Å². The molecule has 0 radical (unpaired) electrons. The van der Waals surface area contributed by atoms with Gasteiger partial charge in [-0.15, -0.1) is 0 Å². The summed E-state index contributed by atoms with van der Waals surface area (Å²) in [6, 6.07) is 4.44. The third-order valence-corrected chi connectivity index (χ3v) is 4.85. The highest BCUT2D eigenvalue weighted by Gasteiger charge is 2.20. The van der Waals surface area contributed by atoms with Crippen molar-refractivity contribution < 1.29 is 17.2 Å². The van der Waals surface area contributed by atoms with Crippen LogP contribution in [-0.2, 0) is 15.6 Å². The normalized spacial score (nSPS) is 12.5. The third-order valence-electron chi connectivity index (χ3n) is 2.70. The molecule has 1 aromatic carbocycles. The summed E-state index contributed by atoms with van der Waals surface area (Å²) in [6.45, 7) is 3.21. The van der Waals surface area contributed by atoms with Crippen molar-refractivity contribution in [3.05, 3.63) is 35.8 Å². The average Bonchev–Trinajstić information content (AvgIpc) is 2.62. The molecule has 0 aliphatic carbocycles. The summed E-state index contributed by atoms with van der Waals surface area (Å²) >= 11 is 0. The Balaban J connectivity index is 2.51. The number of hydrogen-bond acceptors (Lipinski definition) is 3. The Morgan fingerprint density at radius 1 is 1.35 bits per heavy atom. The number of rotatable bonds is 3. The molecule has 0 amide bonds. The maximum Gasteiger partial charge on any atom is 0.156 e. The Morgan fingerprint density at radius 2 is 2.06 bits per heavy atom. The second-order valence-electron chi connectivity index (χ2n) is 4.23. The minimum absolute atomic E-state index is 0.196. The zero-order chi connectivity index (χ0) is 12.6. The topological polar surface area (TPSA) is 47.3 Å². The van der Waals surface area contributed by atoms with E-state index in [0.29, 0.717) is 11.1 Å². The first-order chi connectivity index (χ1) is 7.92. The summed E-state index contributed by atoms with van der Waals surface area (Å²) in [7, 11) is -3.26. The lowest BCUT2D eigenvalue weighted by Gasteiger charge is -2.06. The number of fused-ring (bicyclic) bond motifs is 1. The Labute approximate surface area is 99.2 Å². The fraction of sp³-hybridized carbons (Fsp3) is 0.333. The molecule has 92 valence electrons. The zero-order valence-electron chi connectivity index (χ0n) is 9.60. The molecule has 0 spiro atoms. The summed E-state index contributed by atoms with van der Waals surface area (Å²) in [5.74, 6) is -0.649. The lowest BCUT2D eigenvalue weighted by Crippen LogP contribution is -2.15. The van der Waals surface area contributed by atoms with Gasteiger partial charge >= 0.3 is 0 Å². The van der Waals surface area contributed by atoms with Crippen LogP contribution in [0.1, 0.15) is 19.4 Å². The molecular weight excluding hydrogens is 243 g/mol. The van der Waals surface area contributed by atoms with Crippen molar-refractivity contribution in [2.24, 2.45) is 0 Å². The minimum Gasteiger partial charge on any atom is -0.464 e. The number of hydrogen-bond donors (Lipinski definition) is 0. The highest BCUT2D eigenvalue weighted by molar-refractivity contribution is 7.91. The van der Waals surface area contributed by atoms with Gasteiger partial charge in [-0.1, -0.05) is 6.07 Å². The molecule has 0 aliphatic rings. The van der Waals surface area contributed by atoms with Gasteiger partial charge in [0.1, 0.15) is 11.4 Å². The number of sulfone groups is 1. The molecule has 1 aromatic heterocycles. The first-order valence-electron chi connectivity index (χ1n) is 5.28. The van der Waals surface area contributed by atoms with Gasteiger partial charge in [0.15, 0.2) is 9.84 Å². The van der Waals surface area contributed by atoms with Gasteiger partial charge in [0.05, 0.1) is 22.7 Å². The molecule has 17 heavy (non-hydrogen) atoms. The van der Waals surface area contributed by atoms with Gasteiger partial charge in [-0.05, 0) is 26.0 Å². The van der Waals surface area contributed by atoms with Crippen LogP contribution in [0.25, 0.3) is 11.0 Å². The first kappa shape index (κ1) is 12.1. The van der Waals surface area contributed by atoms with Gasteiger partial charge in [0.25, 0.3) is 0 Å². The molecule has 0 atom stereocenters. The zero-order valence-corrected chi connectivity index (χ0v) is 10.4. The quantitative estimate of drug-likeness (QED) is 0.848. The monoisotopic (exact) mass is 256 g/mol. The van der Waals surface area contributed by atoms with Crippen LogP contribution in [0.3, 0.4) is 0 Å². The summed E-state index contributed by atoms with van der Waals surface area (Å²) in [4.78, 5) is 0. The van der Waals surface area contributed by atoms with E-state index in [1.54, 1.807) is 19.9 Å². The summed E-state index contributed by atoms with van der Waals surface area (Å²) in [5.41, 5.74) is 0.755. The van der Waals surface area contributed by atoms with Crippen molar-refractivity contribution in [2.45, 2.75) is 24.9 Å². The Bertz CT molecular complexity index is 641. The largest absolute Gasteiger partial charge is 0.464 e. The predicted molar refractivity (Wildman–Crippen MR) is 63.9 cm³/mol. The lowest BCUT2D eigenvalue weighted by molar-refractivity contribution is 0.584. The van der Waals surface area contributed by atoms with Crippen molar-refractivity contribution in [1.82, 2.24) is 0 Å². The molecule has 0 bridgehead atoms. The second kappa shape index (κ2) is 4.14. The van der Waals surface area contributed by atoms with Crippen molar-refractivity contribution in [3.63, 3.8) is 0 Å². The van der Waals surface area contributed by atoms with E-state index in [2.05, 4.69) is 0 Å². The van der Waals surface area contributed by atoms with E-state index in [0.717, 1.165) is 0 Å². The Morgan fingerprint density at radius 3 is 2.71 bits per heavy atom. The van der Waals surface area contributed by atoms with Gasteiger partial charge in [0, 0.05) is 5.56 Å². The molecule has 1 heterocycles. The first-order valence-corrected chi connectivity index (χ1v) is 6.99. The van der Waals surface area contributed by atoms with Crippen molar-refractivity contribution >= 4 is 20.8 Å². The third kappa shape index (κ3) is 2.20. The standard InChI is InChI=1S/C12H13FO3S/c1-8(2)17(14,15)7-9-6-16-11-5-3-4-10(13)12(9)11/h3-6,8H,7H2,1-2H3. The van der Waals surface area contributed by atoms with E-state index < -0.39 is 20.9 Å². The highest BCUT2D eigenvalue weighted by Crippen LogP contribution is 2.26. The molecule has 0 saturated heterocycles. The van der Waals surface area contributed by atoms with E-state index >= 15 is 0 Å². The van der Waals surface area contributed by atoms with E-state index in [4.69, 9.17) is 4.42 Å². The van der Waals surface area contributed by atoms with Crippen LogP contribution in [-0.4, -0.2) is 13.7 Å². The fourth-order valence-electron chi connectivity index (χ4n) is 1.60. The number of furan rings is 1. The van der Waals surface area contributed by atoms with Crippen LogP contribution >= 0.6 is 0 Å². The summed E-state index contributed by atoms with van der Waals surface area (Å²) in [5, 5.41) is -0.226. The molecule has 5 heteroatoms. The van der Waals surface area contributed by atoms with Crippen LogP contribution in [0.4, 0.5) is 4.39 Å². The number of benzene rings is 1. The smallest absolute Gasteiger partial charge is 0.156 e. The van der Waals surface area contributed by atoms with Gasteiger partial charge in [-0.3, -0.25) is 0 Å². The molecule has 2 aromatic rings. The van der Waals surface area contributed by atoms with Crippen molar-refractivity contribution in [2.75, 3.05) is 0 Å². The molecule has 2 rings (SSSR count). The molecular formula is C12H13FO3S. The van der Waals surface area contributed by atoms with E-state index in [1.807, 2.05) is 0 Å². The number of halogens is 1. The van der Waals surface area contributed by atoms with Gasteiger partial charge in [-0.25, -0.2) is 12.8 Å². The molecule has 0 saturated carbocycles. The van der Waals surface area contributed by atoms with Crippen LogP contribution < -0.4 is 0 Å². The van der Waals surface area contributed by atoms with E-state index in [9.17, 15) is 12.8 Å². The van der Waals surface area contributed by atoms with Gasteiger partial charge in [0.2, 0.25) is 0 Å². The van der Waals surface area contributed by atoms with Crippen molar-refractivity contribution in [1.29, 1.82) is 0 Å². The molecule has 3 nitrogen and oxygen atoms in total. The van der Waals surface area contributed by atoms with E-state index in [-0.39, 0.29) is 11.1 Å². The van der Waals surface area contributed by atoms with E-state index in [1.165, 1.54) is 18.4 Å². The average molecular weight is 256 g/mol. The summed E-state index contributed by atoms with van der Waals surface area (Å²) < 4.78 is 42.3. The van der Waals surface area contributed by atoms with Crippen LogP contribution in [0.15, 0.2) is 28.9 Å². The maximum atomic E-state index is 13.6. The lowest BCUT2D eigenvalue weighted by atomic mass is 10.2. The predicted octanol–water partition coefficient (Wildman–Crippen LogP) is 2.90. The Hall–Kier alpha value is -1.36. The fourth-order valence-corrected chi connectivity index (χ4v) is 2.58. The summed E-state index contributed by atoms with van der Waals surface area (Å²) in [6.07, 6.45) is 1.31. The van der Waals surface area contributed by atoms with Crippen LogP contribution in [0.5, 0.6) is 0 Å². The molecule has 0 aliphatic heterocycles. The van der Waals surface area contributed by atoms with Gasteiger partial charge < -0.3 is 4.42 Å². The van der Waals surface area contributed by atoms with Crippen molar-refractivity contribution in [3.8, 4) is 0 Å². The van der Waals surface area contributed by atoms with Crippen LogP contribution in [0, 0.1) is 5.82 Å². The second-order valence-corrected chi connectivity index (χ2v) is 6.79. The molecule has 0 unspecified atom stereocenters. The molecule has 0 N–H and O–H groups in total. The highest BCUT2D eigenvalue weighted by atomic mass is 32.2. The Kier molecular flexibility index (Phi) is 2.95. The van der Waals surface area contributed by atoms with Crippen LogP contribution in [0.2, 0.25) is 0 Å². The minimum atomic E-state index is -3.26. The molecule has 0 fully saturated rings. The SMILES string of the molecule is CC(C)S(=O)(=O)Cc1coc2cccc(F)c12.